The average molecular weight is 315 g/mol. The maximum Gasteiger partial charge on any atom is 0.417 e. The number of nitrogens with zero attached hydrogens (tertiary/aromatic N) is 2. The van der Waals surface area contributed by atoms with E-state index in [1.165, 1.54) is 6.07 Å². The smallest absolute Gasteiger partial charge is 0.370 e. The second-order valence-electron chi connectivity index (χ2n) is 4.38. The summed E-state index contributed by atoms with van der Waals surface area (Å²) >= 11 is 0. The van der Waals surface area contributed by atoms with Gasteiger partial charge in [-0.25, -0.2) is 4.98 Å². The molecule has 1 heterocycles. The van der Waals surface area contributed by atoms with Crippen LogP contribution in [0, 0.1) is 0 Å². The number of aliphatic imine (C=N–C) groups is 1. The highest BCUT2D eigenvalue weighted by Crippen LogP contribution is 2.28. The summed E-state index contributed by atoms with van der Waals surface area (Å²) in [6, 6.07) is 2.33. The molecule has 0 aromatic carbocycles. The maximum absolute atomic E-state index is 12.4. The molecule has 0 spiro atoms. The number of hydrogen-bond acceptors (Lipinski definition) is 3. The Balaban J connectivity index is 2.26. The Morgan fingerprint density at radius 2 is 2.09 bits per heavy atom. The van der Waals surface area contributed by atoms with Gasteiger partial charge in [0, 0.05) is 32.9 Å². The monoisotopic (exact) mass is 315 g/mol. The van der Waals surface area contributed by atoms with E-state index in [9.17, 15) is 13.2 Å². The molecule has 0 unspecified atom stereocenters. The summed E-state index contributed by atoms with van der Waals surface area (Å²) in [6.45, 7) is 5.48. The first-order valence-electron chi connectivity index (χ1n) is 6.80. The van der Waals surface area contributed by atoms with Crippen LogP contribution < -0.4 is 16.0 Å². The van der Waals surface area contributed by atoms with Gasteiger partial charge in [-0.1, -0.05) is 6.08 Å². The van der Waals surface area contributed by atoms with Crippen LogP contribution in [0.3, 0.4) is 0 Å². The third-order valence-corrected chi connectivity index (χ3v) is 2.68. The standard InChI is InChI=1S/C14H20F3N5/c1-3-7-20-13(18-2)21-9-4-8-19-12-6-5-11(10-22-12)14(15,16)17/h3,5-6,10H,1,4,7-9H2,2H3,(H,19,22)(H2,18,20,21). The summed E-state index contributed by atoms with van der Waals surface area (Å²) < 4.78 is 37.1. The zero-order chi connectivity index (χ0) is 16.4. The lowest BCUT2D eigenvalue weighted by Crippen LogP contribution is -2.38. The van der Waals surface area contributed by atoms with E-state index in [1.807, 2.05) is 0 Å². The predicted molar refractivity (Wildman–Crippen MR) is 81.9 cm³/mol. The molecule has 0 saturated heterocycles. The Morgan fingerprint density at radius 1 is 1.32 bits per heavy atom. The molecule has 0 amide bonds. The van der Waals surface area contributed by atoms with Gasteiger partial charge in [0.25, 0.3) is 0 Å². The molecule has 0 fully saturated rings. The molecular formula is C14H20F3N5. The van der Waals surface area contributed by atoms with Crippen LogP contribution in [0.15, 0.2) is 36.0 Å². The number of pyridine rings is 1. The van der Waals surface area contributed by atoms with Crippen LogP contribution in [-0.2, 0) is 6.18 Å². The number of anilines is 1. The number of alkyl halides is 3. The molecule has 3 N–H and O–H groups in total. The Hall–Kier alpha value is -2.25. The van der Waals surface area contributed by atoms with Gasteiger partial charge in [-0.3, -0.25) is 4.99 Å². The van der Waals surface area contributed by atoms with Crippen molar-refractivity contribution in [3.63, 3.8) is 0 Å². The average Bonchev–Trinajstić information content (AvgIpc) is 2.49. The molecule has 0 atom stereocenters. The van der Waals surface area contributed by atoms with Gasteiger partial charge in [-0.15, -0.1) is 6.58 Å². The van der Waals surface area contributed by atoms with Crippen molar-refractivity contribution in [2.75, 3.05) is 32.0 Å². The summed E-state index contributed by atoms with van der Waals surface area (Å²) in [6.07, 6.45) is -1.05. The van der Waals surface area contributed by atoms with Crippen molar-refractivity contribution in [3.8, 4) is 0 Å². The van der Waals surface area contributed by atoms with E-state index in [4.69, 9.17) is 0 Å². The largest absolute Gasteiger partial charge is 0.417 e. The second kappa shape index (κ2) is 8.91. The molecule has 8 heteroatoms. The van der Waals surface area contributed by atoms with E-state index in [2.05, 4.69) is 32.5 Å². The van der Waals surface area contributed by atoms with Crippen molar-refractivity contribution in [2.24, 2.45) is 4.99 Å². The van der Waals surface area contributed by atoms with Gasteiger partial charge >= 0.3 is 6.18 Å². The molecule has 0 aliphatic carbocycles. The van der Waals surface area contributed by atoms with Crippen LogP contribution >= 0.6 is 0 Å². The van der Waals surface area contributed by atoms with Gasteiger partial charge < -0.3 is 16.0 Å². The van der Waals surface area contributed by atoms with E-state index in [0.717, 1.165) is 18.7 Å². The summed E-state index contributed by atoms with van der Waals surface area (Å²) in [5, 5.41) is 9.09. The van der Waals surface area contributed by atoms with Crippen LogP contribution in [0.5, 0.6) is 0 Å². The van der Waals surface area contributed by atoms with Crippen LogP contribution in [0.1, 0.15) is 12.0 Å². The fourth-order valence-corrected chi connectivity index (χ4v) is 1.57. The SMILES string of the molecule is C=CCNC(=NC)NCCCNc1ccc(C(F)(F)F)cn1. The fraction of sp³-hybridized carbons (Fsp3) is 0.429. The van der Waals surface area contributed by atoms with Crippen molar-refractivity contribution in [2.45, 2.75) is 12.6 Å². The lowest BCUT2D eigenvalue weighted by atomic mass is 10.3. The second-order valence-corrected chi connectivity index (χ2v) is 4.38. The number of hydrogen-bond donors (Lipinski definition) is 3. The quantitative estimate of drug-likeness (QED) is 0.313. The van der Waals surface area contributed by atoms with Crippen LogP contribution in [0.2, 0.25) is 0 Å². The minimum Gasteiger partial charge on any atom is -0.370 e. The molecule has 0 aliphatic heterocycles. The van der Waals surface area contributed by atoms with Gasteiger partial charge in [-0.05, 0) is 18.6 Å². The Labute approximate surface area is 127 Å². The molecule has 1 aromatic heterocycles. The highest BCUT2D eigenvalue weighted by Gasteiger charge is 2.30. The third-order valence-electron chi connectivity index (χ3n) is 2.68. The Kier molecular flexibility index (Phi) is 7.21. The van der Waals surface area contributed by atoms with Crippen molar-refractivity contribution in [1.82, 2.24) is 15.6 Å². The molecule has 0 bridgehead atoms. The highest BCUT2D eigenvalue weighted by atomic mass is 19.4. The van der Waals surface area contributed by atoms with Gasteiger partial charge in [0.15, 0.2) is 5.96 Å². The van der Waals surface area contributed by atoms with Gasteiger partial charge in [-0.2, -0.15) is 13.2 Å². The molecule has 22 heavy (non-hydrogen) atoms. The van der Waals surface area contributed by atoms with Crippen LogP contribution in [0.25, 0.3) is 0 Å². The minimum atomic E-state index is -4.36. The number of aromatic nitrogens is 1. The zero-order valence-corrected chi connectivity index (χ0v) is 12.4. The van der Waals surface area contributed by atoms with E-state index in [-0.39, 0.29) is 0 Å². The van der Waals surface area contributed by atoms with E-state index in [0.29, 0.717) is 31.4 Å². The van der Waals surface area contributed by atoms with Gasteiger partial charge in [0.2, 0.25) is 0 Å². The normalized spacial score (nSPS) is 11.9. The van der Waals surface area contributed by atoms with Crippen molar-refractivity contribution in [1.29, 1.82) is 0 Å². The first kappa shape index (κ1) is 17.8. The first-order valence-corrected chi connectivity index (χ1v) is 6.80. The third kappa shape index (κ3) is 6.47. The molecular weight excluding hydrogens is 295 g/mol. The van der Waals surface area contributed by atoms with E-state index < -0.39 is 11.7 Å². The Morgan fingerprint density at radius 3 is 2.64 bits per heavy atom. The lowest BCUT2D eigenvalue weighted by molar-refractivity contribution is -0.137. The van der Waals surface area contributed by atoms with E-state index in [1.54, 1.807) is 13.1 Å². The van der Waals surface area contributed by atoms with E-state index >= 15 is 0 Å². The van der Waals surface area contributed by atoms with Crippen molar-refractivity contribution >= 4 is 11.8 Å². The molecule has 1 rings (SSSR count). The number of guanidine groups is 1. The minimum absolute atomic E-state index is 0.419. The lowest BCUT2D eigenvalue weighted by Gasteiger charge is -2.11. The maximum atomic E-state index is 12.4. The summed E-state index contributed by atoms with van der Waals surface area (Å²) in [5.74, 6) is 1.09. The molecule has 122 valence electrons. The fourth-order valence-electron chi connectivity index (χ4n) is 1.57. The molecule has 0 saturated carbocycles. The van der Waals surface area contributed by atoms with Crippen LogP contribution in [-0.4, -0.2) is 37.6 Å². The Bertz CT molecular complexity index is 482. The molecule has 5 nitrogen and oxygen atoms in total. The van der Waals surface area contributed by atoms with Crippen molar-refractivity contribution < 1.29 is 13.2 Å². The molecule has 1 aromatic rings. The highest BCUT2D eigenvalue weighted by molar-refractivity contribution is 5.79. The summed E-state index contributed by atoms with van der Waals surface area (Å²) in [7, 11) is 1.67. The van der Waals surface area contributed by atoms with Gasteiger partial charge in [0.05, 0.1) is 5.56 Å². The first-order chi connectivity index (χ1) is 10.5. The topological polar surface area (TPSA) is 61.3 Å². The van der Waals surface area contributed by atoms with Crippen molar-refractivity contribution in [3.05, 3.63) is 36.5 Å². The predicted octanol–water partition coefficient (Wildman–Crippen LogP) is 2.25. The number of nitrogens with one attached hydrogen (secondary N) is 3. The molecule has 0 aliphatic rings. The molecule has 0 radical (unpaired) electrons. The zero-order valence-electron chi connectivity index (χ0n) is 12.4. The summed E-state index contributed by atoms with van der Waals surface area (Å²) in [4.78, 5) is 7.76. The number of halogens is 3. The van der Waals surface area contributed by atoms with Gasteiger partial charge in [0.1, 0.15) is 5.82 Å². The summed E-state index contributed by atoms with van der Waals surface area (Å²) in [5.41, 5.74) is -0.753. The van der Waals surface area contributed by atoms with Crippen LogP contribution in [0.4, 0.5) is 19.0 Å². The number of rotatable bonds is 7.